The number of pyridine rings is 2. The van der Waals surface area contributed by atoms with E-state index in [1.54, 1.807) is 0 Å². The topological polar surface area (TPSA) is 35.0 Å². The summed E-state index contributed by atoms with van der Waals surface area (Å²) in [5.41, 5.74) is 7.63. The van der Waals surface area contributed by atoms with E-state index in [4.69, 9.17) is 4.74 Å². The Balaban J connectivity index is 2.10. The highest BCUT2D eigenvalue weighted by atomic mass is 16.5. The summed E-state index contributed by atoms with van der Waals surface area (Å²) in [7, 11) is 0. The molecule has 2 rings (SSSR count). The Hall–Kier alpha value is -2.78. The van der Waals surface area contributed by atoms with Crippen molar-refractivity contribution in [3.63, 3.8) is 0 Å². The maximum atomic E-state index is 6.81. The minimum atomic E-state index is -0.0715. The quantitative estimate of drug-likeness (QED) is 0.215. The maximum absolute atomic E-state index is 6.81. The summed E-state index contributed by atoms with van der Waals surface area (Å²) in [6, 6.07) is 12.2. The molecular weight excluding hydrogens is 452 g/mol. The monoisotopic (exact) mass is 500 g/mol. The molecule has 2 aromatic heterocycles. The van der Waals surface area contributed by atoms with Crippen LogP contribution in [0.15, 0.2) is 95.4 Å². The number of hydrogen-bond donors (Lipinski definition) is 0. The fourth-order valence-corrected chi connectivity index (χ4v) is 4.25. The summed E-state index contributed by atoms with van der Waals surface area (Å²) >= 11 is 0. The van der Waals surface area contributed by atoms with Crippen LogP contribution in [0.25, 0.3) is 0 Å². The molecule has 0 spiro atoms. The lowest BCUT2D eigenvalue weighted by molar-refractivity contribution is -0.0274. The molecule has 37 heavy (non-hydrogen) atoms. The fourth-order valence-electron chi connectivity index (χ4n) is 4.25. The fraction of sp³-hybridized carbons (Fsp3) is 0.471. The molecule has 2 aromatic rings. The number of aromatic nitrogens is 2. The zero-order valence-corrected chi connectivity index (χ0v) is 24.0. The van der Waals surface area contributed by atoms with Gasteiger partial charge in [0.2, 0.25) is 0 Å². The molecule has 0 amide bonds. The van der Waals surface area contributed by atoms with E-state index in [-0.39, 0.29) is 12.2 Å². The van der Waals surface area contributed by atoms with E-state index < -0.39 is 0 Å². The predicted molar refractivity (Wildman–Crippen MR) is 158 cm³/mol. The third-order valence-corrected chi connectivity index (χ3v) is 6.39. The van der Waals surface area contributed by atoms with Crippen LogP contribution in [-0.2, 0) is 4.74 Å². The van der Waals surface area contributed by atoms with Crippen molar-refractivity contribution in [2.75, 3.05) is 0 Å². The molecule has 0 aliphatic rings. The lowest BCUT2D eigenvalue weighted by Crippen LogP contribution is -2.13. The maximum Gasteiger partial charge on any atom is 0.101 e. The third kappa shape index (κ3) is 13.4. The van der Waals surface area contributed by atoms with Crippen molar-refractivity contribution in [1.29, 1.82) is 0 Å². The van der Waals surface area contributed by atoms with Gasteiger partial charge in [-0.1, -0.05) is 58.7 Å². The normalized spacial score (nSPS) is 13.7. The molecule has 0 radical (unpaired) electrons. The van der Waals surface area contributed by atoms with Gasteiger partial charge in [-0.3, -0.25) is 9.97 Å². The summed E-state index contributed by atoms with van der Waals surface area (Å²) in [5.74, 6) is 0. The van der Waals surface area contributed by atoms with Crippen molar-refractivity contribution in [3.8, 4) is 0 Å². The number of hydrogen-bond acceptors (Lipinski definition) is 3. The Labute approximate surface area is 226 Å². The zero-order valence-electron chi connectivity index (χ0n) is 24.0. The highest BCUT2D eigenvalue weighted by molar-refractivity contribution is 5.12. The second-order valence-electron chi connectivity index (χ2n) is 10.5. The molecule has 2 unspecified atom stereocenters. The molecular formula is C34H48N2O. The first-order chi connectivity index (χ1) is 17.8. The minimum absolute atomic E-state index is 0.0715. The van der Waals surface area contributed by atoms with Crippen molar-refractivity contribution in [2.45, 2.75) is 105 Å². The molecule has 0 fully saturated rings. The molecule has 200 valence electrons. The molecule has 0 aliphatic heterocycles. The molecule has 0 aromatic carbocycles. The van der Waals surface area contributed by atoms with E-state index in [1.807, 2.05) is 36.7 Å². The van der Waals surface area contributed by atoms with Gasteiger partial charge in [-0.25, -0.2) is 0 Å². The number of allylic oxidation sites excluding steroid dienone is 8. The molecule has 3 nitrogen and oxygen atoms in total. The molecule has 0 N–H and O–H groups in total. The van der Waals surface area contributed by atoms with Crippen LogP contribution >= 0.6 is 0 Å². The van der Waals surface area contributed by atoms with Gasteiger partial charge in [0.05, 0.1) is 11.4 Å². The van der Waals surface area contributed by atoms with Crippen LogP contribution < -0.4 is 0 Å². The second-order valence-corrected chi connectivity index (χ2v) is 10.5. The van der Waals surface area contributed by atoms with Gasteiger partial charge in [-0.2, -0.15) is 0 Å². The first-order valence-corrected chi connectivity index (χ1v) is 13.9. The van der Waals surface area contributed by atoms with Crippen LogP contribution in [0.4, 0.5) is 0 Å². The summed E-state index contributed by atoms with van der Waals surface area (Å²) in [6.07, 6.45) is 21.1. The van der Waals surface area contributed by atoms with Gasteiger partial charge in [-0.15, -0.1) is 0 Å². The van der Waals surface area contributed by atoms with Gasteiger partial charge in [0, 0.05) is 12.4 Å². The summed E-state index contributed by atoms with van der Waals surface area (Å²) < 4.78 is 6.81. The van der Waals surface area contributed by atoms with E-state index in [9.17, 15) is 0 Å². The summed E-state index contributed by atoms with van der Waals surface area (Å²) in [4.78, 5) is 9.32. The molecule has 0 aliphatic carbocycles. The first kappa shape index (κ1) is 30.4. The van der Waals surface area contributed by atoms with E-state index in [2.05, 4.69) is 87.9 Å². The van der Waals surface area contributed by atoms with Crippen LogP contribution in [-0.4, -0.2) is 9.97 Å². The average Bonchev–Trinajstić information content (AvgIpc) is 2.88. The molecule has 2 heterocycles. The Kier molecular flexibility index (Phi) is 14.5. The van der Waals surface area contributed by atoms with E-state index in [0.29, 0.717) is 0 Å². The Morgan fingerprint density at radius 1 is 0.622 bits per heavy atom. The van der Waals surface area contributed by atoms with Crippen LogP contribution in [0.3, 0.4) is 0 Å². The highest BCUT2D eigenvalue weighted by Gasteiger charge is 2.21. The van der Waals surface area contributed by atoms with Crippen LogP contribution in [0.5, 0.6) is 0 Å². The third-order valence-electron chi connectivity index (χ3n) is 6.39. The van der Waals surface area contributed by atoms with Gasteiger partial charge in [0.15, 0.2) is 0 Å². The van der Waals surface area contributed by atoms with Gasteiger partial charge in [0.1, 0.15) is 12.2 Å². The van der Waals surface area contributed by atoms with E-state index in [1.165, 1.54) is 22.3 Å². The Morgan fingerprint density at radius 2 is 1.05 bits per heavy atom. The van der Waals surface area contributed by atoms with Gasteiger partial charge < -0.3 is 4.74 Å². The summed E-state index contributed by atoms with van der Waals surface area (Å²) in [5, 5.41) is 0. The van der Waals surface area contributed by atoms with Gasteiger partial charge >= 0.3 is 0 Å². The van der Waals surface area contributed by atoms with Crippen molar-refractivity contribution in [3.05, 3.63) is 107 Å². The number of rotatable bonds is 16. The van der Waals surface area contributed by atoms with Crippen molar-refractivity contribution in [1.82, 2.24) is 9.97 Å². The molecule has 0 bridgehead atoms. The van der Waals surface area contributed by atoms with Crippen molar-refractivity contribution in [2.24, 2.45) is 0 Å². The predicted octanol–water partition coefficient (Wildman–Crippen LogP) is 10.2. The largest absolute Gasteiger partial charge is 0.362 e. The van der Waals surface area contributed by atoms with Crippen molar-refractivity contribution < 1.29 is 4.74 Å². The molecule has 2 atom stereocenters. The molecule has 0 saturated carbocycles. The zero-order chi connectivity index (χ0) is 26.9. The van der Waals surface area contributed by atoms with Gasteiger partial charge in [-0.05, 0) is 117 Å². The van der Waals surface area contributed by atoms with Crippen LogP contribution in [0.1, 0.15) is 117 Å². The molecule has 3 heteroatoms. The lowest BCUT2D eigenvalue weighted by Gasteiger charge is -2.24. The Bertz CT molecular complexity index is 927. The average molecular weight is 501 g/mol. The van der Waals surface area contributed by atoms with E-state index in [0.717, 1.165) is 62.8 Å². The molecule has 0 saturated heterocycles. The van der Waals surface area contributed by atoms with Crippen molar-refractivity contribution >= 4 is 0 Å². The van der Waals surface area contributed by atoms with E-state index >= 15 is 0 Å². The highest BCUT2D eigenvalue weighted by Crippen LogP contribution is 2.32. The van der Waals surface area contributed by atoms with Crippen LogP contribution in [0, 0.1) is 0 Å². The standard InChI is InChI=1S/C34H48N2O/c1-27(2)15-11-17-29(5)19-13-23-33(31-21-7-9-25-35-31)37-34(32-22-8-10-26-36-32)24-14-20-30(6)18-12-16-28(3)4/h7-10,15-16,19-22,25-26,33-34H,11-14,17-18,23-24H2,1-6H3. The minimum Gasteiger partial charge on any atom is -0.362 e. The SMILES string of the molecule is CC(C)=CCCC(C)=CCCC(OC(CCC=C(C)CCC=C(C)C)c1ccccn1)c1ccccn1. The summed E-state index contributed by atoms with van der Waals surface area (Å²) in [6.45, 7) is 13.1. The smallest absolute Gasteiger partial charge is 0.101 e. The number of ether oxygens (including phenoxy) is 1. The van der Waals surface area contributed by atoms with Gasteiger partial charge in [0.25, 0.3) is 0 Å². The van der Waals surface area contributed by atoms with Crippen LogP contribution in [0.2, 0.25) is 0 Å². The first-order valence-electron chi connectivity index (χ1n) is 13.9. The lowest BCUT2D eigenvalue weighted by atomic mass is 10.0. The second kappa shape index (κ2) is 17.6. The Morgan fingerprint density at radius 3 is 1.41 bits per heavy atom. The number of nitrogens with zero attached hydrogens (tertiary/aromatic N) is 2.